The Hall–Kier alpha value is -0.890. The molecule has 0 heterocycles. The highest BCUT2D eigenvalue weighted by Gasteiger charge is 2.23. The van der Waals surface area contributed by atoms with Gasteiger partial charge < -0.3 is 5.11 Å². The van der Waals surface area contributed by atoms with Crippen LogP contribution in [0.3, 0.4) is 0 Å². The van der Waals surface area contributed by atoms with E-state index in [1.54, 1.807) is 0 Å². The summed E-state index contributed by atoms with van der Waals surface area (Å²) in [5.41, 5.74) is 1.32. The molecule has 0 aliphatic heterocycles. The van der Waals surface area contributed by atoms with Crippen molar-refractivity contribution >= 4 is 10.0 Å². The third-order valence-electron chi connectivity index (χ3n) is 2.81. The normalized spacial score (nSPS) is 26.3. The molecule has 0 spiro atoms. The van der Waals surface area contributed by atoms with Gasteiger partial charge in [-0.2, -0.15) is 0 Å². The minimum atomic E-state index is -0.716. The molecule has 82 valence electrons. The van der Waals surface area contributed by atoms with Gasteiger partial charge in [0.05, 0.1) is 0 Å². The minimum Gasteiger partial charge on any atom is -0.508 e. The largest absolute Gasteiger partial charge is 0.508 e. The van der Waals surface area contributed by atoms with E-state index < -0.39 is 10.0 Å². The summed E-state index contributed by atoms with van der Waals surface area (Å²) in [6, 6.07) is 0. The van der Waals surface area contributed by atoms with E-state index in [1.165, 1.54) is 10.5 Å². The Morgan fingerprint density at radius 2 is 2.00 bits per heavy atom. The number of hydrogen-bond donors (Lipinski definition) is 1. The van der Waals surface area contributed by atoms with Gasteiger partial charge >= 0.3 is 0 Å². The molecule has 1 atom stereocenters. The second-order valence-electron chi connectivity index (χ2n) is 4.83. The van der Waals surface area contributed by atoms with Crippen molar-refractivity contribution in [1.29, 1.82) is 0 Å². The van der Waals surface area contributed by atoms with E-state index in [1.807, 2.05) is 12.2 Å². The molecule has 0 fully saturated rings. The van der Waals surface area contributed by atoms with Crippen LogP contribution >= 0.6 is 10.0 Å². The van der Waals surface area contributed by atoms with Crippen LogP contribution in [0.4, 0.5) is 0 Å². The minimum absolute atomic E-state index is 0.387. The fourth-order valence-corrected chi connectivity index (χ4v) is 3.49. The lowest BCUT2D eigenvalue weighted by Gasteiger charge is -2.34. The fourth-order valence-electron chi connectivity index (χ4n) is 2.07. The molecule has 0 bridgehead atoms. The van der Waals surface area contributed by atoms with Gasteiger partial charge in [0.1, 0.15) is 5.76 Å². The summed E-state index contributed by atoms with van der Waals surface area (Å²) in [4.78, 5) is 1.43. The van der Waals surface area contributed by atoms with E-state index in [4.69, 9.17) is 0 Å². The first kappa shape index (κ1) is 10.6. The Labute approximate surface area is 93.2 Å². The maximum absolute atomic E-state index is 9.56. The standard InChI is InChI=1S/C13H18OS/c1-15(2,3)13-6-4-5-10-7-8-11(14)9-12(10)13/h4,6-10,14H,5H2,1-3H3. The van der Waals surface area contributed by atoms with Gasteiger partial charge in [0, 0.05) is 5.92 Å². The van der Waals surface area contributed by atoms with Crippen molar-refractivity contribution in [2.75, 3.05) is 18.8 Å². The summed E-state index contributed by atoms with van der Waals surface area (Å²) in [5.74, 6) is 0.866. The molecule has 2 heteroatoms. The highest BCUT2D eigenvalue weighted by atomic mass is 32.3. The van der Waals surface area contributed by atoms with E-state index in [2.05, 4.69) is 37.0 Å². The topological polar surface area (TPSA) is 20.2 Å². The van der Waals surface area contributed by atoms with Crippen LogP contribution in [0, 0.1) is 5.92 Å². The third kappa shape index (κ3) is 2.05. The summed E-state index contributed by atoms with van der Waals surface area (Å²) >= 11 is 0. The summed E-state index contributed by atoms with van der Waals surface area (Å²) in [7, 11) is -0.716. The lowest BCUT2D eigenvalue weighted by atomic mass is 9.88. The molecule has 0 amide bonds. The SMILES string of the molecule is CS(C)(C)C1=C2C=C(O)C=CC2CC=C1. The van der Waals surface area contributed by atoms with Crippen molar-refractivity contribution in [3.8, 4) is 0 Å². The van der Waals surface area contributed by atoms with Crippen LogP contribution in [0.25, 0.3) is 0 Å². The third-order valence-corrected chi connectivity index (χ3v) is 4.50. The molecule has 2 aliphatic carbocycles. The van der Waals surface area contributed by atoms with Crippen LogP contribution in [0.1, 0.15) is 6.42 Å². The Bertz CT molecular complexity index is 391. The zero-order valence-electron chi connectivity index (χ0n) is 9.53. The van der Waals surface area contributed by atoms with Gasteiger partial charge in [0.25, 0.3) is 0 Å². The zero-order valence-corrected chi connectivity index (χ0v) is 10.3. The smallest absolute Gasteiger partial charge is 0.115 e. The Kier molecular flexibility index (Phi) is 2.55. The Morgan fingerprint density at radius 1 is 1.27 bits per heavy atom. The van der Waals surface area contributed by atoms with Gasteiger partial charge in [0.15, 0.2) is 0 Å². The van der Waals surface area contributed by atoms with Crippen molar-refractivity contribution in [3.05, 3.63) is 46.6 Å². The molecule has 2 aliphatic rings. The number of hydrogen-bond acceptors (Lipinski definition) is 1. The maximum Gasteiger partial charge on any atom is 0.115 e. The summed E-state index contributed by atoms with van der Waals surface area (Å²) in [5, 5.41) is 9.56. The van der Waals surface area contributed by atoms with Gasteiger partial charge in [-0.15, -0.1) is 0 Å². The van der Waals surface area contributed by atoms with Crippen LogP contribution < -0.4 is 0 Å². The molecule has 1 nitrogen and oxygen atoms in total. The quantitative estimate of drug-likeness (QED) is 0.719. The van der Waals surface area contributed by atoms with Crippen molar-refractivity contribution in [2.24, 2.45) is 5.92 Å². The van der Waals surface area contributed by atoms with Crippen LogP contribution in [0.2, 0.25) is 0 Å². The second-order valence-corrected chi connectivity index (χ2v) is 8.94. The molecule has 2 rings (SSSR count). The van der Waals surface area contributed by atoms with Gasteiger partial charge in [-0.25, -0.2) is 10.0 Å². The molecule has 0 radical (unpaired) electrons. The van der Waals surface area contributed by atoms with Crippen LogP contribution in [-0.4, -0.2) is 23.9 Å². The second kappa shape index (κ2) is 3.60. The van der Waals surface area contributed by atoms with Crippen LogP contribution in [0.5, 0.6) is 0 Å². The molecule has 1 unspecified atom stereocenters. The molecule has 0 aromatic rings. The van der Waals surface area contributed by atoms with Crippen molar-refractivity contribution in [2.45, 2.75) is 6.42 Å². The molecule has 15 heavy (non-hydrogen) atoms. The number of rotatable bonds is 1. The zero-order chi connectivity index (χ0) is 11.1. The number of allylic oxidation sites excluding steroid dienone is 6. The Balaban J connectivity index is 2.51. The van der Waals surface area contributed by atoms with Crippen molar-refractivity contribution in [1.82, 2.24) is 0 Å². The predicted molar refractivity (Wildman–Crippen MR) is 69.5 cm³/mol. The Morgan fingerprint density at radius 3 is 2.67 bits per heavy atom. The number of fused-ring (bicyclic) bond motifs is 1. The molecular weight excluding hydrogens is 204 g/mol. The van der Waals surface area contributed by atoms with Gasteiger partial charge in [-0.05, 0) is 47.8 Å². The van der Waals surface area contributed by atoms with E-state index >= 15 is 0 Å². The van der Waals surface area contributed by atoms with E-state index in [-0.39, 0.29) is 0 Å². The van der Waals surface area contributed by atoms with Gasteiger partial charge in [-0.3, -0.25) is 0 Å². The van der Waals surface area contributed by atoms with E-state index in [0.29, 0.717) is 11.7 Å². The van der Waals surface area contributed by atoms with Crippen LogP contribution in [-0.2, 0) is 0 Å². The van der Waals surface area contributed by atoms with E-state index in [9.17, 15) is 5.11 Å². The predicted octanol–water partition coefficient (Wildman–Crippen LogP) is 3.52. The average molecular weight is 222 g/mol. The summed E-state index contributed by atoms with van der Waals surface area (Å²) in [6.45, 7) is 0. The number of aliphatic hydroxyl groups is 1. The summed E-state index contributed by atoms with van der Waals surface area (Å²) < 4.78 is 0. The maximum atomic E-state index is 9.56. The van der Waals surface area contributed by atoms with Crippen molar-refractivity contribution in [3.63, 3.8) is 0 Å². The first-order chi connectivity index (χ1) is 6.98. The van der Waals surface area contributed by atoms with Gasteiger partial charge in [-0.1, -0.05) is 18.2 Å². The molecular formula is C13H18OS. The highest BCUT2D eigenvalue weighted by molar-refractivity contribution is 8.35. The first-order valence-corrected chi connectivity index (χ1v) is 8.02. The molecule has 0 saturated heterocycles. The highest BCUT2D eigenvalue weighted by Crippen LogP contribution is 2.51. The lowest BCUT2D eigenvalue weighted by molar-refractivity contribution is 0.427. The van der Waals surface area contributed by atoms with Gasteiger partial charge in [0.2, 0.25) is 0 Å². The average Bonchev–Trinajstić information content (AvgIpc) is 2.15. The molecule has 0 aromatic heterocycles. The van der Waals surface area contributed by atoms with Crippen molar-refractivity contribution < 1.29 is 5.11 Å². The molecule has 1 N–H and O–H groups in total. The van der Waals surface area contributed by atoms with Crippen LogP contribution in [0.15, 0.2) is 46.6 Å². The van der Waals surface area contributed by atoms with E-state index in [0.717, 1.165) is 6.42 Å². The number of aliphatic hydroxyl groups excluding tert-OH is 1. The molecule has 0 aromatic carbocycles. The fraction of sp³-hybridized carbons (Fsp3) is 0.385. The monoisotopic (exact) mass is 222 g/mol. The first-order valence-electron chi connectivity index (χ1n) is 5.16. The molecule has 0 saturated carbocycles. The lowest BCUT2D eigenvalue weighted by Crippen LogP contribution is -2.11. The summed E-state index contributed by atoms with van der Waals surface area (Å²) in [6.07, 6.45) is 18.3.